The van der Waals surface area contributed by atoms with E-state index in [1.807, 2.05) is 19.1 Å². The fraction of sp³-hybridized carbons (Fsp3) is 0.250. The van der Waals surface area contributed by atoms with E-state index >= 15 is 0 Å². The summed E-state index contributed by atoms with van der Waals surface area (Å²) < 4.78 is 37.3. The molecule has 0 aliphatic rings. The summed E-state index contributed by atoms with van der Waals surface area (Å²) in [5, 5.41) is 0. The molecule has 0 fully saturated rings. The monoisotopic (exact) mass is 427 g/mol. The maximum absolute atomic E-state index is 10.4. The number of hydrogen-bond donors (Lipinski definition) is 0. The van der Waals surface area contributed by atoms with Crippen LogP contribution in [0.4, 0.5) is 5.69 Å². The molecule has 0 radical (unpaired) electrons. The van der Waals surface area contributed by atoms with E-state index in [0.29, 0.717) is 0 Å². The lowest BCUT2D eigenvalue weighted by Gasteiger charge is -2.33. The smallest absolute Gasteiger partial charge is 0.132 e. The van der Waals surface area contributed by atoms with Gasteiger partial charge in [-0.05, 0) is 62.4 Å². The first-order valence-corrected chi connectivity index (χ1v) is 11.1. The Bertz CT molecular complexity index is 1020. The second kappa shape index (κ2) is 10.4. The molecule has 30 heavy (non-hydrogen) atoms. The highest BCUT2D eigenvalue weighted by Crippen LogP contribution is 2.24. The quantitative estimate of drug-likeness (QED) is 0.420. The summed E-state index contributed by atoms with van der Waals surface area (Å²) in [6.45, 7) is 6.11. The van der Waals surface area contributed by atoms with Crippen LogP contribution >= 0.6 is 0 Å². The van der Waals surface area contributed by atoms with E-state index < -0.39 is 10.1 Å². The van der Waals surface area contributed by atoms with Crippen LogP contribution in [0.3, 0.4) is 0 Å². The maximum atomic E-state index is 10.4. The number of quaternary nitrogens is 1. The molecule has 3 aromatic carbocycles. The van der Waals surface area contributed by atoms with Crippen molar-refractivity contribution in [2.24, 2.45) is 0 Å². The first kappa shape index (κ1) is 23.6. The number of nitrogens with zero attached hydrogens (tertiary/aromatic N) is 1. The second-order valence-electron chi connectivity index (χ2n) is 7.32. The van der Waals surface area contributed by atoms with Crippen molar-refractivity contribution in [2.45, 2.75) is 25.3 Å². The van der Waals surface area contributed by atoms with Crippen LogP contribution in [0.25, 0.3) is 0 Å². The minimum atomic E-state index is -4.27. The van der Waals surface area contributed by atoms with Gasteiger partial charge in [-0.25, -0.2) is 8.42 Å². The SMILES string of the molecule is CC[N+](C)(Cc1ccc(OC)cc1)c1ccccc1.Cc1ccc(S(=O)(=O)[O-])cc1. The lowest BCUT2D eigenvalue weighted by molar-refractivity contribution is 0.338. The molecule has 0 aliphatic heterocycles. The standard InChI is InChI=1S/C17H22NO.C7H8O3S/c1-4-18(2,16-8-6-5-7-9-16)14-15-10-12-17(19-3)13-11-15;1-6-2-4-7(5-3-6)11(8,9)10/h5-13H,4,14H2,1-3H3;2-5H,1H3,(H,8,9,10)/q+1;/p-1. The highest BCUT2D eigenvalue weighted by Gasteiger charge is 2.22. The molecule has 0 saturated carbocycles. The molecular formula is C24H29NO4S. The Morgan fingerprint density at radius 1 is 0.900 bits per heavy atom. The van der Waals surface area contributed by atoms with Crippen molar-refractivity contribution in [3.63, 3.8) is 0 Å². The van der Waals surface area contributed by atoms with Gasteiger partial charge in [-0.1, -0.05) is 35.9 Å². The van der Waals surface area contributed by atoms with E-state index in [1.165, 1.54) is 23.4 Å². The second-order valence-corrected chi connectivity index (χ2v) is 8.70. The van der Waals surface area contributed by atoms with Crippen molar-refractivity contribution in [1.29, 1.82) is 0 Å². The number of para-hydroxylation sites is 1. The number of rotatable bonds is 6. The highest BCUT2D eigenvalue weighted by atomic mass is 32.2. The van der Waals surface area contributed by atoms with Crippen molar-refractivity contribution < 1.29 is 17.7 Å². The Kier molecular flexibility index (Phi) is 8.17. The zero-order valence-electron chi connectivity index (χ0n) is 17.9. The molecule has 0 N–H and O–H groups in total. The fourth-order valence-electron chi connectivity index (χ4n) is 3.01. The van der Waals surface area contributed by atoms with Gasteiger partial charge in [-0.15, -0.1) is 0 Å². The van der Waals surface area contributed by atoms with Crippen LogP contribution < -0.4 is 9.22 Å². The molecule has 1 atom stereocenters. The molecule has 0 amide bonds. The van der Waals surface area contributed by atoms with Crippen LogP contribution in [0.15, 0.2) is 83.8 Å². The van der Waals surface area contributed by atoms with Gasteiger partial charge in [0.25, 0.3) is 0 Å². The van der Waals surface area contributed by atoms with Crippen LogP contribution in [0, 0.1) is 6.92 Å². The Hall–Kier alpha value is -2.67. The minimum absolute atomic E-state index is 0.178. The van der Waals surface area contributed by atoms with Gasteiger partial charge in [0.2, 0.25) is 0 Å². The van der Waals surface area contributed by atoms with E-state index in [0.717, 1.165) is 28.9 Å². The Morgan fingerprint density at radius 3 is 1.93 bits per heavy atom. The van der Waals surface area contributed by atoms with Gasteiger partial charge in [0.05, 0.1) is 25.6 Å². The predicted octanol–water partition coefficient (Wildman–Crippen LogP) is 4.75. The Balaban J connectivity index is 0.000000248. The number of methoxy groups -OCH3 is 1. The Morgan fingerprint density at radius 2 is 1.47 bits per heavy atom. The summed E-state index contributed by atoms with van der Waals surface area (Å²) in [5.74, 6) is 0.911. The number of benzene rings is 3. The van der Waals surface area contributed by atoms with Gasteiger partial charge < -0.3 is 9.29 Å². The van der Waals surface area contributed by atoms with Gasteiger partial charge in [0.15, 0.2) is 0 Å². The third kappa shape index (κ3) is 6.69. The number of hydrogen-bond acceptors (Lipinski definition) is 4. The molecule has 0 aromatic heterocycles. The minimum Gasteiger partial charge on any atom is -0.744 e. The highest BCUT2D eigenvalue weighted by molar-refractivity contribution is 7.85. The lowest BCUT2D eigenvalue weighted by atomic mass is 10.1. The summed E-state index contributed by atoms with van der Waals surface area (Å²) in [7, 11) is -0.293. The molecule has 0 saturated heterocycles. The first-order valence-electron chi connectivity index (χ1n) is 9.73. The predicted molar refractivity (Wildman–Crippen MR) is 121 cm³/mol. The van der Waals surface area contributed by atoms with Crippen LogP contribution in [-0.4, -0.2) is 33.7 Å². The average Bonchev–Trinajstić information content (AvgIpc) is 2.75. The first-order chi connectivity index (χ1) is 14.2. The molecular weight excluding hydrogens is 398 g/mol. The fourth-order valence-corrected chi connectivity index (χ4v) is 3.48. The Labute approximate surface area is 179 Å². The van der Waals surface area contributed by atoms with E-state index in [1.54, 1.807) is 19.2 Å². The average molecular weight is 428 g/mol. The van der Waals surface area contributed by atoms with Crippen LogP contribution in [-0.2, 0) is 16.7 Å². The summed E-state index contributed by atoms with van der Waals surface area (Å²) in [6.07, 6.45) is 0. The van der Waals surface area contributed by atoms with Gasteiger partial charge >= 0.3 is 0 Å². The number of aryl methyl sites for hydroxylation is 1. The summed E-state index contributed by atoms with van der Waals surface area (Å²) in [5.41, 5.74) is 3.60. The van der Waals surface area contributed by atoms with E-state index in [4.69, 9.17) is 4.74 Å². The van der Waals surface area contributed by atoms with Crippen molar-refractivity contribution in [3.05, 3.63) is 90.0 Å². The third-order valence-electron chi connectivity index (χ3n) is 5.08. The summed E-state index contributed by atoms with van der Waals surface area (Å²) in [6, 6.07) is 24.8. The van der Waals surface area contributed by atoms with Gasteiger partial charge in [-0.2, -0.15) is 0 Å². The topological polar surface area (TPSA) is 66.4 Å². The van der Waals surface area contributed by atoms with Crippen LogP contribution in [0.1, 0.15) is 18.1 Å². The zero-order valence-corrected chi connectivity index (χ0v) is 18.7. The largest absolute Gasteiger partial charge is 0.744 e. The molecule has 5 nitrogen and oxygen atoms in total. The molecule has 0 heterocycles. The van der Waals surface area contributed by atoms with Gasteiger partial charge in [-0.3, -0.25) is 4.48 Å². The van der Waals surface area contributed by atoms with Crippen molar-refractivity contribution in [3.8, 4) is 5.75 Å². The molecule has 1 unspecified atom stereocenters. The molecule has 0 bridgehead atoms. The molecule has 6 heteroatoms. The van der Waals surface area contributed by atoms with E-state index in [9.17, 15) is 13.0 Å². The summed E-state index contributed by atoms with van der Waals surface area (Å²) in [4.78, 5) is -0.178. The van der Waals surface area contributed by atoms with E-state index in [-0.39, 0.29) is 4.90 Å². The molecule has 3 aromatic rings. The van der Waals surface area contributed by atoms with Crippen LogP contribution in [0.2, 0.25) is 0 Å². The summed E-state index contributed by atoms with van der Waals surface area (Å²) >= 11 is 0. The third-order valence-corrected chi connectivity index (χ3v) is 5.93. The van der Waals surface area contributed by atoms with Crippen molar-refractivity contribution in [1.82, 2.24) is 4.48 Å². The maximum Gasteiger partial charge on any atom is 0.132 e. The molecule has 0 spiro atoms. The van der Waals surface area contributed by atoms with Crippen LogP contribution in [0.5, 0.6) is 5.75 Å². The van der Waals surface area contributed by atoms with E-state index in [2.05, 4.69) is 56.4 Å². The van der Waals surface area contributed by atoms with Gasteiger partial charge in [0, 0.05) is 5.56 Å². The number of ether oxygens (including phenoxy) is 1. The molecule has 3 rings (SSSR count). The zero-order chi connectivity index (χ0) is 22.2. The molecule has 160 valence electrons. The van der Waals surface area contributed by atoms with Crippen molar-refractivity contribution in [2.75, 3.05) is 20.7 Å². The van der Waals surface area contributed by atoms with Crippen molar-refractivity contribution >= 4 is 15.8 Å². The lowest BCUT2D eigenvalue weighted by Crippen LogP contribution is -2.43. The molecule has 0 aliphatic carbocycles. The normalized spacial score (nSPS) is 13.0. The van der Waals surface area contributed by atoms with Gasteiger partial charge in [0.1, 0.15) is 28.1 Å².